The van der Waals surface area contributed by atoms with Crippen LogP contribution in [0.2, 0.25) is 0 Å². The number of amides is 1. The van der Waals surface area contributed by atoms with Crippen LogP contribution in [-0.4, -0.2) is 17.5 Å². The molecule has 0 aliphatic carbocycles. The summed E-state index contributed by atoms with van der Waals surface area (Å²) in [5.74, 6) is -0.289. The fourth-order valence-electron chi connectivity index (χ4n) is 2.45. The van der Waals surface area contributed by atoms with Crippen LogP contribution in [0.25, 0.3) is 0 Å². The van der Waals surface area contributed by atoms with Crippen LogP contribution in [-0.2, 0) is 6.54 Å². The van der Waals surface area contributed by atoms with Gasteiger partial charge in [0, 0.05) is 6.54 Å². The minimum absolute atomic E-state index is 0.0801. The number of nitrogen functional groups attached to an aromatic ring is 1. The van der Waals surface area contributed by atoms with Crippen LogP contribution in [0.15, 0.2) is 24.3 Å². The predicted molar refractivity (Wildman–Crippen MR) is 91.6 cm³/mol. The lowest BCUT2D eigenvalue weighted by atomic mass is 10.1. The zero-order chi connectivity index (χ0) is 17.7. The van der Waals surface area contributed by atoms with Gasteiger partial charge in [-0.2, -0.15) is 5.26 Å². The van der Waals surface area contributed by atoms with Gasteiger partial charge >= 0.3 is 0 Å². The number of nitrogens with zero attached hydrogens (tertiary/aromatic N) is 2. The molecule has 0 bridgehead atoms. The Kier molecular flexibility index (Phi) is 5.38. The molecule has 6 heteroatoms. The molecule has 0 aliphatic rings. The van der Waals surface area contributed by atoms with Gasteiger partial charge in [-0.05, 0) is 32.4 Å². The lowest BCUT2D eigenvalue weighted by Gasteiger charge is -2.10. The molecule has 1 aromatic carbocycles. The number of carbonyl (C=O) groups is 1. The second kappa shape index (κ2) is 7.47. The third-order valence-electron chi connectivity index (χ3n) is 3.38. The van der Waals surface area contributed by atoms with Gasteiger partial charge in [0.15, 0.2) is 0 Å². The lowest BCUT2D eigenvalue weighted by molar-refractivity contribution is 0.0944. The highest BCUT2D eigenvalue weighted by Crippen LogP contribution is 2.22. The first-order valence-electron chi connectivity index (χ1n) is 7.63. The highest BCUT2D eigenvalue weighted by atomic mass is 16.5. The van der Waals surface area contributed by atoms with Gasteiger partial charge in [-0.1, -0.05) is 29.3 Å². The number of pyridine rings is 1. The normalized spacial score (nSPS) is 10.1. The second-order valence-corrected chi connectivity index (χ2v) is 5.50. The number of nitrogens with two attached hydrogens (primary N) is 1. The molecule has 0 aliphatic heterocycles. The van der Waals surface area contributed by atoms with Crippen molar-refractivity contribution >= 4 is 11.6 Å². The monoisotopic (exact) mass is 324 g/mol. The number of aryl methyl sites for hydroxylation is 2. The number of rotatable bonds is 5. The molecule has 0 fully saturated rings. The first-order chi connectivity index (χ1) is 11.4. The molecule has 0 atom stereocenters. The molecule has 0 spiro atoms. The first kappa shape index (κ1) is 17.3. The molecule has 1 heterocycles. The largest absolute Gasteiger partial charge is 0.477 e. The van der Waals surface area contributed by atoms with E-state index in [4.69, 9.17) is 15.7 Å². The van der Waals surface area contributed by atoms with E-state index in [0.717, 1.165) is 16.7 Å². The first-order valence-corrected chi connectivity index (χ1v) is 7.63. The van der Waals surface area contributed by atoms with Crippen molar-refractivity contribution in [3.05, 3.63) is 52.2 Å². The Morgan fingerprint density at radius 2 is 1.96 bits per heavy atom. The number of benzene rings is 1. The van der Waals surface area contributed by atoms with Gasteiger partial charge in [-0.25, -0.2) is 4.98 Å². The highest BCUT2D eigenvalue weighted by Gasteiger charge is 2.16. The van der Waals surface area contributed by atoms with Crippen LogP contribution in [0.3, 0.4) is 0 Å². The summed E-state index contributed by atoms with van der Waals surface area (Å²) in [4.78, 5) is 16.4. The maximum atomic E-state index is 12.3. The third-order valence-corrected chi connectivity index (χ3v) is 3.38. The van der Waals surface area contributed by atoms with E-state index >= 15 is 0 Å². The van der Waals surface area contributed by atoms with Gasteiger partial charge in [-0.3, -0.25) is 4.79 Å². The summed E-state index contributed by atoms with van der Waals surface area (Å²) in [5, 5.41) is 11.9. The molecule has 2 aromatic rings. The molecular weight excluding hydrogens is 304 g/mol. The van der Waals surface area contributed by atoms with Gasteiger partial charge in [0.1, 0.15) is 17.3 Å². The Morgan fingerprint density at radius 3 is 2.54 bits per heavy atom. The summed E-state index contributed by atoms with van der Waals surface area (Å²) in [7, 11) is 0. The van der Waals surface area contributed by atoms with Crippen LogP contribution >= 0.6 is 0 Å². The molecule has 124 valence electrons. The Bertz CT molecular complexity index is 789. The van der Waals surface area contributed by atoms with Crippen molar-refractivity contribution < 1.29 is 9.53 Å². The summed E-state index contributed by atoms with van der Waals surface area (Å²) in [6, 6.07) is 9.43. The second-order valence-electron chi connectivity index (χ2n) is 5.50. The van der Waals surface area contributed by atoms with Crippen LogP contribution in [0.5, 0.6) is 5.88 Å². The van der Waals surface area contributed by atoms with Crippen LogP contribution < -0.4 is 15.8 Å². The zero-order valence-electron chi connectivity index (χ0n) is 14.0. The smallest absolute Gasteiger partial charge is 0.270 e. The van der Waals surface area contributed by atoms with E-state index in [1.54, 1.807) is 6.92 Å². The Labute approximate surface area is 141 Å². The molecule has 1 amide bonds. The summed E-state index contributed by atoms with van der Waals surface area (Å²) in [6.45, 7) is 6.50. The number of carbonyl (C=O) groups excluding carboxylic acids is 1. The molecule has 24 heavy (non-hydrogen) atoms. The number of hydrogen-bond acceptors (Lipinski definition) is 5. The van der Waals surface area contributed by atoms with Crippen molar-refractivity contribution in [2.75, 3.05) is 12.3 Å². The quantitative estimate of drug-likeness (QED) is 0.880. The van der Waals surface area contributed by atoms with Crippen molar-refractivity contribution in [3.8, 4) is 11.9 Å². The topological polar surface area (TPSA) is 101 Å². The fraction of sp³-hybridized carbons (Fsp3) is 0.278. The molecule has 3 N–H and O–H groups in total. The van der Waals surface area contributed by atoms with E-state index in [2.05, 4.69) is 16.4 Å². The number of ether oxygens (including phenoxy) is 1. The zero-order valence-corrected chi connectivity index (χ0v) is 14.0. The Morgan fingerprint density at radius 1 is 1.29 bits per heavy atom. The van der Waals surface area contributed by atoms with Crippen LogP contribution in [0, 0.1) is 25.2 Å². The minimum atomic E-state index is -0.369. The molecule has 6 nitrogen and oxygen atoms in total. The van der Waals surface area contributed by atoms with Crippen LogP contribution in [0.1, 0.15) is 39.7 Å². The van der Waals surface area contributed by atoms with Crippen molar-refractivity contribution in [3.63, 3.8) is 0 Å². The molecule has 1 aromatic heterocycles. The van der Waals surface area contributed by atoms with Gasteiger partial charge < -0.3 is 15.8 Å². The van der Waals surface area contributed by atoms with Gasteiger partial charge in [0.2, 0.25) is 5.88 Å². The average Bonchev–Trinajstić information content (AvgIpc) is 2.51. The number of anilines is 1. The maximum absolute atomic E-state index is 12.3. The van der Waals surface area contributed by atoms with Crippen molar-refractivity contribution in [2.24, 2.45) is 0 Å². The SMILES string of the molecule is CCOc1nc(C(=O)NCc2cc(C)cc(C)c2)cc(N)c1C#N. The van der Waals surface area contributed by atoms with E-state index < -0.39 is 0 Å². The summed E-state index contributed by atoms with van der Waals surface area (Å²) in [6.07, 6.45) is 0. The van der Waals surface area contributed by atoms with E-state index in [-0.39, 0.29) is 28.7 Å². The molecule has 0 saturated heterocycles. The van der Waals surface area contributed by atoms with E-state index in [0.29, 0.717) is 13.2 Å². The van der Waals surface area contributed by atoms with Gasteiger partial charge in [-0.15, -0.1) is 0 Å². The van der Waals surface area contributed by atoms with Gasteiger partial charge in [0.25, 0.3) is 5.91 Å². The van der Waals surface area contributed by atoms with Crippen molar-refractivity contribution in [1.29, 1.82) is 5.26 Å². The number of hydrogen-bond donors (Lipinski definition) is 2. The Balaban J connectivity index is 2.19. The standard InChI is InChI=1S/C18H20N4O2/c1-4-24-18-14(9-19)15(20)8-16(22-18)17(23)21-10-13-6-11(2)5-12(3)7-13/h5-8H,4,10H2,1-3H3,(H2,20,22)(H,21,23). The molecule has 2 rings (SSSR count). The highest BCUT2D eigenvalue weighted by molar-refractivity contribution is 5.93. The molecule has 0 radical (unpaired) electrons. The van der Waals surface area contributed by atoms with Crippen molar-refractivity contribution in [2.45, 2.75) is 27.3 Å². The van der Waals surface area contributed by atoms with E-state index in [1.807, 2.05) is 32.0 Å². The molecule has 0 saturated carbocycles. The number of aromatic nitrogens is 1. The number of nitrogens with one attached hydrogen (secondary N) is 1. The summed E-state index contributed by atoms with van der Waals surface area (Å²) in [5.41, 5.74) is 9.55. The number of nitriles is 1. The van der Waals surface area contributed by atoms with E-state index in [1.165, 1.54) is 6.07 Å². The fourth-order valence-corrected chi connectivity index (χ4v) is 2.45. The maximum Gasteiger partial charge on any atom is 0.270 e. The van der Waals surface area contributed by atoms with E-state index in [9.17, 15) is 4.79 Å². The summed E-state index contributed by atoms with van der Waals surface area (Å²) >= 11 is 0. The third kappa shape index (κ3) is 4.02. The van der Waals surface area contributed by atoms with Crippen molar-refractivity contribution in [1.82, 2.24) is 10.3 Å². The van der Waals surface area contributed by atoms with Crippen LogP contribution in [0.4, 0.5) is 5.69 Å². The summed E-state index contributed by atoms with van der Waals surface area (Å²) < 4.78 is 5.30. The lowest BCUT2D eigenvalue weighted by Crippen LogP contribution is -2.24. The van der Waals surface area contributed by atoms with Gasteiger partial charge in [0.05, 0.1) is 12.3 Å². The minimum Gasteiger partial charge on any atom is -0.477 e. The molecular formula is C18H20N4O2. The Hall–Kier alpha value is -3.07. The predicted octanol–water partition coefficient (Wildman–Crippen LogP) is 2.48. The molecule has 0 unspecified atom stereocenters. The average molecular weight is 324 g/mol.